The third-order valence-electron chi connectivity index (χ3n) is 4.00. The highest BCUT2D eigenvalue weighted by molar-refractivity contribution is 5.80. The van der Waals surface area contributed by atoms with E-state index in [-0.39, 0.29) is 17.1 Å². The number of aliphatic hydroxyl groups is 4. The Morgan fingerprint density at radius 3 is 2.52 bits per heavy atom. The van der Waals surface area contributed by atoms with Crippen molar-refractivity contribution < 1.29 is 39.1 Å². The van der Waals surface area contributed by atoms with Gasteiger partial charge in [-0.2, -0.15) is 0 Å². The van der Waals surface area contributed by atoms with E-state index in [9.17, 15) is 25.2 Å². The molecule has 0 bridgehead atoms. The van der Waals surface area contributed by atoms with Gasteiger partial charge in [0.25, 0.3) is 0 Å². The van der Waals surface area contributed by atoms with Gasteiger partial charge in [-0.05, 0) is 12.1 Å². The van der Waals surface area contributed by atoms with E-state index in [4.69, 9.17) is 18.6 Å². The van der Waals surface area contributed by atoms with Crippen LogP contribution in [0.3, 0.4) is 0 Å². The average molecular weight is 354 g/mol. The molecule has 3 rings (SSSR count). The minimum absolute atomic E-state index is 0.0914. The summed E-state index contributed by atoms with van der Waals surface area (Å²) in [6.07, 6.45) is -7.11. The van der Waals surface area contributed by atoms with Gasteiger partial charge in [-0.3, -0.25) is 0 Å². The molecular weight excluding hydrogens is 336 g/mol. The summed E-state index contributed by atoms with van der Waals surface area (Å²) in [4.78, 5) is 11.4. The molecule has 4 N–H and O–H groups in total. The van der Waals surface area contributed by atoms with E-state index in [1.54, 1.807) is 12.1 Å². The first-order valence-corrected chi connectivity index (χ1v) is 7.53. The minimum Gasteiger partial charge on any atom is -0.493 e. The van der Waals surface area contributed by atoms with Crippen LogP contribution in [-0.4, -0.2) is 64.8 Å². The van der Waals surface area contributed by atoms with Crippen LogP contribution in [0.1, 0.15) is 0 Å². The maximum absolute atomic E-state index is 11.4. The smallest absolute Gasteiger partial charge is 0.336 e. The summed E-state index contributed by atoms with van der Waals surface area (Å²) < 4.78 is 21.1. The molecule has 136 valence electrons. The second kappa shape index (κ2) is 6.98. The minimum atomic E-state index is -1.57. The predicted molar refractivity (Wildman–Crippen MR) is 83.4 cm³/mol. The van der Waals surface area contributed by atoms with Gasteiger partial charge in [-0.15, -0.1) is 0 Å². The Morgan fingerprint density at radius 1 is 1.08 bits per heavy atom. The quantitative estimate of drug-likeness (QED) is 0.508. The molecule has 2 aromatic rings. The van der Waals surface area contributed by atoms with Crippen molar-refractivity contribution in [1.82, 2.24) is 0 Å². The molecule has 1 aliphatic rings. The van der Waals surface area contributed by atoms with Gasteiger partial charge in [-0.1, -0.05) is 0 Å². The highest BCUT2D eigenvalue weighted by atomic mass is 16.7. The summed E-state index contributed by atoms with van der Waals surface area (Å²) in [5.74, 6) is 0.368. The third kappa shape index (κ3) is 3.32. The van der Waals surface area contributed by atoms with Gasteiger partial charge in [0.1, 0.15) is 30.0 Å². The number of benzene rings is 1. The highest BCUT2D eigenvalue weighted by Gasteiger charge is 2.45. The number of rotatable bonds is 4. The van der Waals surface area contributed by atoms with Crippen LogP contribution in [0.25, 0.3) is 11.0 Å². The van der Waals surface area contributed by atoms with Crippen LogP contribution in [0.15, 0.2) is 33.5 Å². The van der Waals surface area contributed by atoms with Crippen LogP contribution in [-0.2, 0) is 4.74 Å². The number of hydrogen-bond acceptors (Lipinski definition) is 9. The van der Waals surface area contributed by atoms with Crippen molar-refractivity contribution in [3.8, 4) is 11.5 Å². The lowest BCUT2D eigenvalue weighted by Gasteiger charge is -2.39. The zero-order valence-corrected chi connectivity index (χ0v) is 13.2. The van der Waals surface area contributed by atoms with Crippen molar-refractivity contribution in [2.75, 3.05) is 13.7 Å². The molecule has 0 radical (unpaired) electrons. The van der Waals surface area contributed by atoms with Crippen molar-refractivity contribution in [3.05, 3.63) is 34.7 Å². The maximum atomic E-state index is 11.4. The second-order valence-electron chi connectivity index (χ2n) is 5.61. The molecule has 1 saturated heterocycles. The van der Waals surface area contributed by atoms with E-state index in [0.717, 1.165) is 0 Å². The van der Waals surface area contributed by atoms with Crippen molar-refractivity contribution in [2.24, 2.45) is 0 Å². The summed E-state index contributed by atoms with van der Waals surface area (Å²) >= 11 is 0. The first-order chi connectivity index (χ1) is 11.9. The summed E-state index contributed by atoms with van der Waals surface area (Å²) in [5.41, 5.74) is -0.315. The fourth-order valence-electron chi connectivity index (χ4n) is 2.62. The van der Waals surface area contributed by atoms with Crippen LogP contribution in [0.2, 0.25) is 0 Å². The molecular formula is C16H18O9. The molecule has 0 aliphatic carbocycles. The average Bonchev–Trinajstić information content (AvgIpc) is 2.61. The van der Waals surface area contributed by atoms with Crippen molar-refractivity contribution in [1.29, 1.82) is 0 Å². The summed E-state index contributed by atoms with van der Waals surface area (Å²) in [6, 6.07) is 5.77. The molecule has 9 heteroatoms. The fourth-order valence-corrected chi connectivity index (χ4v) is 2.62. The lowest BCUT2D eigenvalue weighted by atomic mass is 9.99. The van der Waals surface area contributed by atoms with Crippen molar-refractivity contribution >= 4 is 11.0 Å². The lowest BCUT2D eigenvalue weighted by molar-refractivity contribution is -0.277. The van der Waals surface area contributed by atoms with E-state index in [2.05, 4.69) is 0 Å². The van der Waals surface area contributed by atoms with Gasteiger partial charge in [0, 0.05) is 17.5 Å². The summed E-state index contributed by atoms with van der Waals surface area (Å²) in [7, 11) is 1.40. The molecule has 0 saturated carbocycles. The number of aliphatic hydroxyl groups excluding tert-OH is 4. The highest BCUT2D eigenvalue weighted by Crippen LogP contribution is 2.34. The van der Waals surface area contributed by atoms with Crippen LogP contribution < -0.4 is 15.1 Å². The molecule has 1 aromatic carbocycles. The van der Waals surface area contributed by atoms with Crippen molar-refractivity contribution in [3.63, 3.8) is 0 Å². The van der Waals surface area contributed by atoms with E-state index in [0.29, 0.717) is 5.39 Å². The molecule has 25 heavy (non-hydrogen) atoms. The monoisotopic (exact) mass is 354 g/mol. The van der Waals surface area contributed by atoms with Gasteiger partial charge in [0.15, 0.2) is 11.5 Å². The van der Waals surface area contributed by atoms with E-state index in [1.807, 2.05) is 0 Å². The number of methoxy groups -OCH3 is 1. The standard InChI is InChI=1S/C16H18O9/c1-22-9-4-7-2-3-12(18)23-8(7)5-10(9)24-16-15(21)14(20)13(19)11(6-17)25-16/h2-5,11,13-17,19-21H,6H2,1H3/t11-,13+,14-,15-,16+/m1/s1. The molecule has 2 heterocycles. The van der Waals surface area contributed by atoms with Gasteiger partial charge >= 0.3 is 5.63 Å². The normalized spacial score (nSPS) is 29.6. The van der Waals surface area contributed by atoms with Crippen LogP contribution in [0.4, 0.5) is 0 Å². The molecule has 0 unspecified atom stereocenters. The Bertz CT molecular complexity index is 800. The lowest BCUT2D eigenvalue weighted by Crippen LogP contribution is -2.60. The molecule has 0 spiro atoms. The Hall–Kier alpha value is -2.17. The zero-order chi connectivity index (χ0) is 18.1. The van der Waals surface area contributed by atoms with Crippen LogP contribution in [0.5, 0.6) is 11.5 Å². The SMILES string of the molecule is COc1cc2ccc(=O)oc2cc1O[C@H]1O[C@H](CO)[C@H](O)[C@@H](O)[C@H]1O. The molecule has 5 atom stereocenters. The van der Waals surface area contributed by atoms with Crippen LogP contribution >= 0.6 is 0 Å². The fraction of sp³-hybridized carbons (Fsp3) is 0.438. The second-order valence-corrected chi connectivity index (χ2v) is 5.61. The molecule has 1 fully saturated rings. The Morgan fingerprint density at radius 2 is 1.84 bits per heavy atom. The Balaban J connectivity index is 1.94. The van der Waals surface area contributed by atoms with E-state index < -0.39 is 42.9 Å². The van der Waals surface area contributed by atoms with Gasteiger partial charge < -0.3 is 39.1 Å². The van der Waals surface area contributed by atoms with Gasteiger partial charge in [0.2, 0.25) is 6.29 Å². The van der Waals surface area contributed by atoms with E-state index >= 15 is 0 Å². The topological polar surface area (TPSA) is 139 Å². The Labute approximate surface area is 141 Å². The largest absolute Gasteiger partial charge is 0.493 e. The molecule has 1 aromatic heterocycles. The van der Waals surface area contributed by atoms with Crippen LogP contribution in [0, 0.1) is 0 Å². The number of fused-ring (bicyclic) bond motifs is 1. The first kappa shape index (κ1) is 17.6. The maximum Gasteiger partial charge on any atom is 0.336 e. The number of hydrogen-bond donors (Lipinski definition) is 4. The zero-order valence-electron chi connectivity index (χ0n) is 13.2. The van der Waals surface area contributed by atoms with E-state index in [1.165, 1.54) is 19.2 Å². The third-order valence-corrected chi connectivity index (χ3v) is 4.00. The summed E-state index contributed by atoms with van der Waals surface area (Å²) in [6.45, 7) is -0.575. The molecule has 9 nitrogen and oxygen atoms in total. The van der Waals surface area contributed by atoms with Gasteiger partial charge in [-0.25, -0.2) is 4.79 Å². The predicted octanol–water partition coefficient (Wildman–Crippen LogP) is -1.02. The summed E-state index contributed by atoms with van der Waals surface area (Å²) in [5, 5.41) is 39.5. The molecule has 0 amide bonds. The number of ether oxygens (including phenoxy) is 3. The molecule has 1 aliphatic heterocycles. The van der Waals surface area contributed by atoms with Gasteiger partial charge in [0.05, 0.1) is 13.7 Å². The first-order valence-electron chi connectivity index (χ1n) is 7.53. The Kier molecular flexibility index (Phi) is 4.93. The van der Waals surface area contributed by atoms with Crippen molar-refractivity contribution in [2.45, 2.75) is 30.7 Å².